The van der Waals surface area contributed by atoms with Crippen LogP contribution in [0.2, 0.25) is 0 Å². The van der Waals surface area contributed by atoms with Crippen LogP contribution < -0.4 is 0 Å². The second-order valence-electron chi connectivity index (χ2n) is 13.5. The maximum atomic E-state index is 5.64. The number of nitrogens with zero attached hydrogens (tertiary/aromatic N) is 4. The number of aliphatic imine (C=N–C) groups is 2. The van der Waals surface area contributed by atoms with Crippen molar-refractivity contribution in [2.75, 3.05) is 0 Å². The van der Waals surface area contributed by atoms with Gasteiger partial charge in [0, 0.05) is 34.6 Å². The van der Waals surface area contributed by atoms with Crippen LogP contribution in [0.4, 0.5) is 0 Å². The molecule has 4 aliphatic carbocycles. The van der Waals surface area contributed by atoms with Gasteiger partial charge in [0.2, 0.25) is 0 Å². The van der Waals surface area contributed by atoms with Crippen molar-refractivity contribution in [2.45, 2.75) is 92.2 Å². The van der Waals surface area contributed by atoms with E-state index in [0.717, 1.165) is 36.1 Å². The van der Waals surface area contributed by atoms with Gasteiger partial charge in [-0.25, -0.2) is 0 Å². The summed E-state index contributed by atoms with van der Waals surface area (Å²) in [5, 5.41) is 0. The van der Waals surface area contributed by atoms with E-state index in [4.69, 9.17) is 20.0 Å². The van der Waals surface area contributed by atoms with Crippen molar-refractivity contribution in [3.8, 4) is 0 Å². The van der Waals surface area contributed by atoms with E-state index >= 15 is 0 Å². The Labute approximate surface area is 217 Å². The molecule has 6 rings (SSSR count). The van der Waals surface area contributed by atoms with Crippen molar-refractivity contribution in [1.29, 1.82) is 0 Å². The average Bonchev–Trinajstić information content (AvgIpc) is 3.39. The summed E-state index contributed by atoms with van der Waals surface area (Å²) in [7, 11) is 0. The molecular formula is C32H42N4. The lowest BCUT2D eigenvalue weighted by Crippen LogP contribution is -2.34. The fourth-order valence-electron chi connectivity index (χ4n) is 8.28. The molecule has 0 amide bonds. The van der Waals surface area contributed by atoms with E-state index < -0.39 is 0 Å². The Morgan fingerprint density at radius 1 is 0.667 bits per heavy atom. The highest BCUT2D eigenvalue weighted by Crippen LogP contribution is 2.66. The van der Waals surface area contributed by atoms with Crippen molar-refractivity contribution in [1.82, 2.24) is 9.97 Å². The SMILES string of the molecule is CC1(C)[C@@H]2CC[C@@]1(C)C(=N[C@@H](c1ccccn1)[C@@H](N=C1C[C@H]3CC[C@]1(C)C3(C)C)c1ccccn1)C2. The molecule has 4 nitrogen and oxygen atoms in total. The van der Waals surface area contributed by atoms with Gasteiger partial charge >= 0.3 is 0 Å². The van der Waals surface area contributed by atoms with E-state index in [1.807, 2.05) is 24.5 Å². The molecule has 0 N–H and O–H groups in total. The number of aromatic nitrogens is 2. The molecule has 2 aromatic rings. The molecule has 4 bridgehead atoms. The molecule has 4 saturated carbocycles. The number of pyridine rings is 2. The van der Waals surface area contributed by atoms with E-state index in [-0.39, 0.29) is 33.7 Å². The molecule has 2 heterocycles. The molecule has 4 heteroatoms. The molecule has 0 saturated heterocycles. The van der Waals surface area contributed by atoms with Gasteiger partial charge in [0.15, 0.2) is 0 Å². The highest BCUT2D eigenvalue weighted by atomic mass is 15.0. The summed E-state index contributed by atoms with van der Waals surface area (Å²) < 4.78 is 0. The topological polar surface area (TPSA) is 50.5 Å². The lowest BCUT2D eigenvalue weighted by Gasteiger charge is -2.36. The van der Waals surface area contributed by atoms with Crippen LogP contribution in [-0.4, -0.2) is 21.4 Å². The zero-order valence-electron chi connectivity index (χ0n) is 23.0. The Bertz CT molecular complexity index is 1100. The van der Waals surface area contributed by atoms with Crippen molar-refractivity contribution in [3.05, 3.63) is 60.2 Å². The minimum atomic E-state index is -0.165. The maximum Gasteiger partial charge on any atom is 0.120 e. The summed E-state index contributed by atoms with van der Waals surface area (Å²) >= 11 is 0. The second-order valence-corrected chi connectivity index (χ2v) is 13.5. The molecule has 0 spiro atoms. The molecule has 0 aromatic carbocycles. The van der Waals surface area contributed by atoms with E-state index in [2.05, 4.69) is 65.8 Å². The Hall–Kier alpha value is -2.36. The predicted molar refractivity (Wildman–Crippen MR) is 147 cm³/mol. The molecule has 2 aromatic heterocycles. The van der Waals surface area contributed by atoms with Crippen LogP contribution in [-0.2, 0) is 0 Å². The lowest BCUT2D eigenvalue weighted by molar-refractivity contribution is 0.193. The first-order valence-electron chi connectivity index (χ1n) is 14.0. The predicted octanol–water partition coefficient (Wildman–Crippen LogP) is 7.83. The molecule has 4 aliphatic rings. The van der Waals surface area contributed by atoms with Gasteiger partial charge in [-0.15, -0.1) is 0 Å². The summed E-state index contributed by atoms with van der Waals surface area (Å²) in [5.74, 6) is 1.44. The number of rotatable bonds is 5. The van der Waals surface area contributed by atoms with Crippen molar-refractivity contribution >= 4 is 11.4 Å². The third-order valence-electron chi connectivity index (χ3n) is 11.9. The van der Waals surface area contributed by atoms with Gasteiger partial charge in [0.05, 0.1) is 11.4 Å². The summed E-state index contributed by atoms with van der Waals surface area (Å²) in [4.78, 5) is 21.0. The first kappa shape index (κ1) is 24.0. The standard InChI is InChI=1S/C32H42N4/c1-29(2)21-13-15-31(29,5)25(19-21)35-27(23-11-7-9-17-33-23)28(24-12-8-10-18-34-24)36-26-20-22-14-16-32(26,6)30(22,3)4/h7-12,17-18,21-22,27-28H,13-16,19-20H2,1-6H3/t21-,22-,27+,28+,31+,32+/m1/s1. The zero-order chi connectivity index (χ0) is 25.3. The Morgan fingerprint density at radius 3 is 1.36 bits per heavy atom. The highest BCUT2D eigenvalue weighted by molar-refractivity contribution is 5.95. The minimum absolute atomic E-state index is 0.146. The van der Waals surface area contributed by atoms with Crippen molar-refractivity contribution < 1.29 is 0 Å². The van der Waals surface area contributed by atoms with Gasteiger partial charge in [0.25, 0.3) is 0 Å². The van der Waals surface area contributed by atoms with Crippen LogP contribution in [0.25, 0.3) is 0 Å². The fraction of sp³-hybridized carbons (Fsp3) is 0.625. The average molecular weight is 483 g/mol. The van der Waals surface area contributed by atoms with Gasteiger partial charge in [-0.05, 0) is 85.5 Å². The summed E-state index contributed by atoms with van der Waals surface area (Å²) in [5.41, 5.74) is 5.62. The summed E-state index contributed by atoms with van der Waals surface area (Å²) in [6, 6.07) is 12.1. The van der Waals surface area contributed by atoms with E-state index in [1.54, 1.807) is 0 Å². The highest BCUT2D eigenvalue weighted by Gasteiger charge is 2.61. The minimum Gasteiger partial charge on any atom is -0.281 e. The number of hydrogen-bond acceptors (Lipinski definition) is 4. The third kappa shape index (κ3) is 3.25. The van der Waals surface area contributed by atoms with Gasteiger partial charge in [-0.3, -0.25) is 20.0 Å². The van der Waals surface area contributed by atoms with E-state index in [0.29, 0.717) is 0 Å². The Kier molecular flexibility index (Phi) is 5.38. The van der Waals surface area contributed by atoms with Crippen LogP contribution in [0.15, 0.2) is 58.8 Å². The van der Waals surface area contributed by atoms with Crippen LogP contribution in [0, 0.1) is 33.5 Å². The monoisotopic (exact) mass is 482 g/mol. The first-order valence-corrected chi connectivity index (χ1v) is 14.0. The van der Waals surface area contributed by atoms with Gasteiger partial charge in [0.1, 0.15) is 12.1 Å². The molecule has 36 heavy (non-hydrogen) atoms. The van der Waals surface area contributed by atoms with Gasteiger partial charge in [-0.1, -0.05) is 53.7 Å². The van der Waals surface area contributed by atoms with E-state index in [1.165, 1.54) is 37.1 Å². The first-order chi connectivity index (χ1) is 17.1. The fourth-order valence-corrected chi connectivity index (χ4v) is 8.28. The molecule has 0 aliphatic heterocycles. The van der Waals surface area contributed by atoms with Crippen LogP contribution in [0.1, 0.15) is 104 Å². The Morgan fingerprint density at radius 2 is 1.08 bits per heavy atom. The van der Waals surface area contributed by atoms with Crippen LogP contribution in [0.3, 0.4) is 0 Å². The second kappa shape index (κ2) is 8.07. The molecule has 0 radical (unpaired) electrons. The number of hydrogen-bond donors (Lipinski definition) is 0. The lowest BCUT2D eigenvalue weighted by atomic mass is 9.70. The largest absolute Gasteiger partial charge is 0.281 e. The van der Waals surface area contributed by atoms with E-state index in [9.17, 15) is 0 Å². The van der Waals surface area contributed by atoms with Crippen molar-refractivity contribution in [2.24, 2.45) is 43.5 Å². The molecular weight excluding hydrogens is 440 g/mol. The quantitative estimate of drug-likeness (QED) is 0.436. The molecule has 0 unspecified atom stereocenters. The Balaban J connectivity index is 1.50. The zero-order valence-corrected chi connectivity index (χ0v) is 23.0. The molecule has 6 atom stereocenters. The van der Waals surface area contributed by atoms with Gasteiger partial charge < -0.3 is 0 Å². The summed E-state index contributed by atoms with van der Waals surface area (Å²) in [6.45, 7) is 14.7. The third-order valence-corrected chi connectivity index (χ3v) is 11.9. The summed E-state index contributed by atoms with van der Waals surface area (Å²) in [6.07, 6.45) is 11.1. The van der Waals surface area contributed by atoms with Gasteiger partial charge in [-0.2, -0.15) is 0 Å². The van der Waals surface area contributed by atoms with Crippen LogP contribution in [0.5, 0.6) is 0 Å². The number of fused-ring (bicyclic) bond motifs is 4. The molecule has 4 fully saturated rings. The normalized spacial score (nSPS) is 37.6. The molecule has 190 valence electrons. The smallest absolute Gasteiger partial charge is 0.120 e. The van der Waals surface area contributed by atoms with Crippen molar-refractivity contribution in [3.63, 3.8) is 0 Å². The maximum absolute atomic E-state index is 5.64. The van der Waals surface area contributed by atoms with Crippen LogP contribution >= 0.6 is 0 Å².